The van der Waals surface area contributed by atoms with Crippen LogP contribution in [0.2, 0.25) is 0 Å². The average Bonchev–Trinajstić information content (AvgIpc) is 2.07. The van der Waals surface area contributed by atoms with Crippen LogP contribution in [0.4, 0.5) is 4.79 Å². The monoisotopic (exact) mass is 182 g/mol. The molecular weight excluding hydrogens is 179 g/mol. The number of carbonyl (C=O) groups excluding carboxylic acids is 2. The number of nitrogens with zero attached hydrogens (tertiary/aromatic N) is 2. The van der Waals surface area contributed by atoms with Gasteiger partial charge in [-0.25, -0.2) is 9.21 Å². The van der Waals surface area contributed by atoms with Crippen LogP contribution in [0.1, 0.15) is 6.92 Å². The van der Waals surface area contributed by atoms with E-state index >= 15 is 0 Å². The van der Waals surface area contributed by atoms with Crippen molar-refractivity contribution in [1.29, 1.82) is 0 Å². The Bertz CT molecular complexity index is 176. The van der Waals surface area contributed by atoms with E-state index in [4.69, 9.17) is 23.6 Å². The summed E-state index contributed by atoms with van der Waals surface area (Å²) in [4.78, 5) is 21.5. The maximum Gasteiger partial charge on any atom is 0.357 e. The van der Waals surface area contributed by atoms with Crippen molar-refractivity contribution in [2.24, 2.45) is 0 Å². The van der Waals surface area contributed by atoms with E-state index in [0.717, 1.165) is 4.42 Å². The van der Waals surface area contributed by atoms with E-state index in [9.17, 15) is 9.59 Å². The predicted octanol–water partition coefficient (Wildman–Crippen LogP) is 0.947. The van der Waals surface area contributed by atoms with Crippen molar-refractivity contribution in [3.63, 3.8) is 0 Å². The second-order valence-corrected chi connectivity index (χ2v) is 2.59. The SMILES string of the molecule is CC1C(=O)N(Cl)C(=O)N1Cl. The highest BCUT2D eigenvalue weighted by Gasteiger charge is 2.41. The van der Waals surface area contributed by atoms with Gasteiger partial charge in [-0.15, -0.1) is 0 Å². The number of amides is 3. The first kappa shape index (κ1) is 7.63. The summed E-state index contributed by atoms with van der Waals surface area (Å²) in [5.41, 5.74) is 0. The van der Waals surface area contributed by atoms with E-state index in [1.807, 2.05) is 0 Å². The Morgan fingerprint density at radius 2 is 1.90 bits per heavy atom. The van der Waals surface area contributed by atoms with Crippen LogP contribution in [-0.2, 0) is 4.79 Å². The van der Waals surface area contributed by atoms with Crippen LogP contribution in [0.15, 0.2) is 0 Å². The van der Waals surface area contributed by atoms with E-state index < -0.39 is 18.0 Å². The summed E-state index contributed by atoms with van der Waals surface area (Å²) in [6.07, 6.45) is 0. The zero-order valence-corrected chi connectivity index (χ0v) is 6.56. The summed E-state index contributed by atoms with van der Waals surface area (Å²) in [5, 5.41) is 0. The molecule has 1 heterocycles. The molecule has 6 heteroatoms. The standard InChI is InChI=1S/C4H4Cl2N2O2/c1-2-3(9)8(6)4(10)7(2)5/h2H,1H3. The topological polar surface area (TPSA) is 40.6 Å². The van der Waals surface area contributed by atoms with Crippen LogP contribution in [0, 0.1) is 0 Å². The van der Waals surface area contributed by atoms with Gasteiger partial charge in [0.05, 0.1) is 0 Å². The van der Waals surface area contributed by atoms with Gasteiger partial charge in [0.15, 0.2) is 0 Å². The third kappa shape index (κ3) is 0.839. The molecule has 1 aliphatic heterocycles. The van der Waals surface area contributed by atoms with Gasteiger partial charge in [-0.1, -0.05) is 0 Å². The molecule has 0 aromatic heterocycles. The van der Waals surface area contributed by atoms with Crippen LogP contribution in [0.5, 0.6) is 0 Å². The van der Waals surface area contributed by atoms with Gasteiger partial charge in [0.1, 0.15) is 6.04 Å². The number of rotatable bonds is 0. The van der Waals surface area contributed by atoms with Crippen LogP contribution in [-0.4, -0.2) is 26.8 Å². The van der Waals surface area contributed by atoms with Gasteiger partial charge < -0.3 is 0 Å². The number of hydrogen-bond acceptors (Lipinski definition) is 2. The molecule has 0 aromatic carbocycles. The van der Waals surface area contributed by atoms with Gasteiger partial charge in [-0.3, -0.25) is 4.79 Å². The first-order valence-corrected chi connectivity index (χ1v) is 3.22. The minimum absolute atomic E-state index is 0.470. The smallest absolute Gasteiger partial charge is 0.271 e. The minimum atomic E-state index is -0.694. The molecule has 1 aliphatic rings. The lowest BCUT2D eigenvalue weighted by atomic mass is 10.4. The quantitative estimate of drug-likeness (QED) is 0.414. The Kier molecular flexibility index (Phi) is 1.74. The number of halogens is 2. The highest BCUT2D eigenvalue weighted by Crippen LogP contribution is 2.20. The fraction of sp³-hybridized carbons (Fsp3) is 0.500. The summed E-state index contributed by atoms with van der Waals surface area (Å²) < 4.78 is 1.23. The molecule has 3 amide bonds. The summed E-state index contributed by atoms with van der Waals surface area (Å²) in [5.74, 6) is -0.498. The molecule has 1 atom stereocenters. The molecule has 56 valence electrons. The molecule has 1 fully saturated rings. The largest absolute Gasteiger partial charge is 0.357 e. The Morgan fingerprint density at radius 1 is 1.40 bits per heavy atom. The molecule has 10 heavy (non-hydrogen) atoms. The minimum Gasteiger partial charge on any atom is -0.271 e. The number of carbonyl (C=O) groups is 2. The van der Waals surface area contributed by atoms with Crippen LogP contribution in [0.25, 0.3) is 0 Å². The highest BCUT2D eigenvalue weighted by atomic mass is 35.5. The molecule has 0 spiro atoms. The molecule has 0 saturated carbocycles. The van der Waals surface area contributed by atoms with Crippen molar-refractivity contribution >= 4 is 35.5 Å². The third-order valence-corrected chi connectivity index (χ3v) is 1.99. The van der Waals surface area contributed by atoms with Crippen molar-refractivity contribution in [3.05, 3.63) is 0 Å². The number of urea groups is 1. The molecule has 4 nitrogen and oxygen atoms in total. The Labute approximate surface area is 67.5 Å². The van der Waals surface area contributed by atoms with E-state index in [1.165, 1.54) is 6.92 Å². The first-order valence-electron chi connectivity index (χ1n) is 2.54. The van der Waals surface area contributed by atoms with Gasteiger partial charge in [-0.05, 0) is 6.92 Å². The Balaban J connectivity index is 2.89. The second kappa shape index (κ2) is 2.29. The van der Waals surface area contributed by atoms with Gasteiger partial charge >= 0.3 is 6.03 Å². The van der Waals surface area contributed by atoms with Crippen LogP contribution >= 0.6 is 23.6 Å². The molecule has 0 aliphatic carbocycles. The molecule has 1 unspecified atom stereocenters. The lowest BCUT2D eigenvalue weighted by molar-refractivity contribution is -0.124. The summed E-state index contributed by atoms with van der Waals surface area (Å²) >= 11 is 10.6. The van der Waals surface area contributed by atoms with E-state index in [1.54, 1.807) is 0 Å². The molecular formula is C4H4Cl2N2O2. The van der Waals surface area contributed by atoms with E-state index in [-0.39, 0.29) is 0 Å². The Hall–Kier alpha value is -0.480. The first-order chi connectivity index (χ1) is 4.55. The summed E-state index contributed by atoms with van der Waals surface area (Å²) in [7, 11) is 0. The second-order valence-electron chi connectivity index (χ2n) is 1.89. The third-order valence-electron chi connectivity index (χ3n) is 1.24. The van der Waals surface area contributed by atoms with Crippen molar-refractivity contribution in [2.45, 2.75) is 13.0 Å². The van der Waals surface area contributed by atoms with E-state index in [0.29, 0.717) is 4.42 Å². The van der Waals surface area contributed by atoms with Crippen molar-refractivity contribution < 1.29 is 9.59 Å². The van der Waals surface area contributed by atoms with Gasteiger partial charge in [-0.2, -0.15) is 4.42 Å². The fourth-order valence-corrected chi connectivity index (χ4v) is 1.03. The van der Waals surface area contributed by atoms with Crippen molar-refractivity contribution in [2.75, 3.05) is 0 Å². The average molecular weight is 183 g/mol. The molecule has 0 bridgehead atoms. The van der Waals surface area contributed by atoms with Gasteiger partial charge in [0.25, 0.3) is 5.91 Å². The highest BCUT2D eigenvalue weighted by molar-refractivity contribution is 6.38. The molecule has 0 radical (unpaired) electrons. The zero-order chi connectivity index (χ0) is 7.89. The van der Waals surface area contributed by atoms with Gasteiger partial charge in [0, 0.05) is 23.6 Å². The predicted molar refractivity (Wildman–Crippen MR) is 35.2 cm³/mol. The van der Waals surface area contributed by atoms with Gasteiger partial charge in [0.2, 0.25) is 0 Å². The summed E-state index contributed by atoms with van der Waals surface area (Å²) in [6.45, 7) is 1.50. The molecule has 0 N–H and O–H groups in total. The van der Waals surface area contributed by atoms with Crippen molar-refractivity contribution in [1.82, 2.24) is 8.84 Å². The van der Waals surface area contributed by atoms with E-state index in [2.05, 4.69) is 0 Å². The molecule has 1 saturated heterocycles. The van der Waals surface area contributed by atoms with Crippen LogP contribution < -0.4 is 0 Å². The number of hydrogen-bond donors (Lipinski definition) is 0. The molecule has 1 rings (SSSR count). The maximum absolute atomic E-state index is 10.8. The summed E-state index contributed by atoms with van der Waals surface area (Å²) in [6, 6.07) is -1.35. The normalized spacial score (nSPS) is 26.5. The van der Waals surface area contributed by atoms with Crippen molar-refractivity contribution in [3.8, 4) is 0 Å². The zero-order valence-electron chi connectivity index (χ0n) is 5.04. The fourth-order valence-electron chi connectivity index (χ4n) is 0.605. The molecule has 0 aromatic rings. The lowest BCUT2D eigenvalue weighted by Gasteiger charge is -2.04. The van der Waals surface area contributed by atoms with Crippen LogP contribution in [0.3, 0.4) is 0 Å². The lowest BCUT2D eigenvalue weighted by Crippen LogP contribution is -2.22. The maximum atomic E-state index is 10.8. The Morgan fingerprint density at radius 3 is 2.00 bits per heavy atom. The number of imide groups is 1.